The van der Waals surface area contributed by atoms with Crippen LogP contribution in [0.4, 0.5) is 33.7 Å². The largest absolute Gasteiger partial charge is 0.433 e. The smallest absolute Gasteiger partial charge is 0.375 e. The number of methoxy groups -OCH3 is 1. The summed E-state index contributed by atoms with van der Waals surface area (Å²) in [5.74, 6) is -0.768. The summed E-state index contributed by atoms with van der Waals surface area (Å²) in [6, 6.07) is 2.17. The maximum Gasteiger partial charge on any atom is 0.433 e. The first-order valence-electron chi connectivity index (χ1n) is 7.87. The first-order chi connectivity index (χ1) is 13.2. The van der Waals surface area contributed by atoms with Crippen molar-refractivity contribution in [1.29, 1.82) is 0 Å². The number of ether oxygens (including phenoxy) is 1. The van der Waals surface area contributed by atoms with Crippen LogP contribution in [0.15, 0.2) is 30.6 Å². The van der Waals surface area contributed by atoms with Gasteiger partial charge in [0.2, 0.25) is 5.95 Å². The summed E-state index contributed by atoms with van der Waals surface area (Å²) in [4.78, 5) is 19.5. The Morgan fingerprint density at radius 3 is 2.68 bits per heavy atom. The van der Waals surface area contributed by atoms with Crippen molar-refractivity contribution in [1.82, 2.24) is 19.6 Å². The number of anilines is 2. The number of alkyl halides is 3. The number of carbonyl (C=O) groups excluding carboxylic acids is 1. The summed E-state index contributed by atoms with van der Waals surface area (Å²) < 4.78 is 58.1. The molecule has 0 aromatic carbocycles. The minimum atomic E-state index is -4.64. The summed E-state index contributed by atoms with van der Waals surface area (Å²) in [6.07, 6.45) is -3.04. The maximum atomic E-state index is 13.5. The highest BCUT2D eigenvalue weighted by Crippen LogP contribution is 2.29. The molecule has 148 valence electrons. The number of halogens is 4. The van der Waals surface area contributed by atoms with Crippen molar-refractivity contribution in [3.8, 4) is 0 Å². The van der Waals surface area contributed by atoms with Gasteiger partial charge in [-0.05, 0) is 19.1 Å². The van der Waals surface area contributed by atoms with E-state index >= 15 is 0 Å². The minimum absolute atomic E-state index is 0.111. The molecule has 8 nitrogen and oxygen atoms in total. The summed E-state index contributed by atoms with van der Waals surface area (Å²) in [5.41, 5.74) is -0.606. The number of nitrogens with one attached hydrogen (secondary N) is 2. The molecule has 12 heteroatoms. The van der Waals surface area contributed by atoms with Crippen LogP contribution < -0.4 is 10.6 Å². The van der Waals surface area contributed by atoms with Crippen LogP contribution in [-0.2, 0) is 10.9 Å². The monoisotopic (exact) mass is 398 g/mol. The topological polar surface area (TPSA) is 93.4 Å². The average Bonchev–Trinajstić information content (AvgIpc) is 3.00. The number of aromatic nitrogens is 4. The zero-order chi connectivity index (χ0) is 20.5. The summed E-state index contributed by atoms with van der Waals surface area (Å²) in [5, 5.41) is 8.41. The fourth-order valence-corrected chi connectivity index (χ4v) is 2.47. The number of hydrogen-bond acceptors (Lipinski definition) is 5. The molecule has 2 N–H and O–H groups in total. The van der Waals surface area contributed by atoms with E-state index < -0.39 is 30.0 Å². The highest BCUT2D eigenvalue weighted by atomic mass is 19.4. The number of carbonyl (C=O) groups is 1. The van der Waals surface area contributed by atoms with Crippen molar-refractivity contribution < 1.29 is 27.1 Å². The van der Waals surface area contributed by atoms with Gasteiger partial charge in [-0.25, -0.2) is 14.3 Å². The van der Waals surface area contributed by atoms with E-state index in [2.05, 4.69) is 25.7 Å². The Kier molecular flexibility index (Phi) is 5.14. The second-order valence-electron chi connectivity index (χ2n) is 5.68. The molecule has 0 saturated carbocycles. The fourth-order valence-electron chi connectivity index (χ4n) is 2.47. The van der Waals surface area contributed by atoms with E-state index in [4.69, 9.17) is 4.74 Å². The normalized spacial score (nSPS) is 12.8. The van der Waals surface area contributed by atoms with Gasteiger partial charge in [0.1, 0.15) is 5.69 Å². The average molecular weight is 398 g/mol. The number of hydrogen-bond donors (Lipinski definition) is 2. The van der Waals surface area contributed by atoms with E-state index in [0.29, 0.717) is 11.8 Å². The van der Waals surface area contributed by atoms with Gasteiger partial charge < -0.3 is 15.4 Å². The quantitative estimate of drug-likeness (QED) is 0.655. The predicted molar refractivity (Wildman–Crippen MR) is 90.2 cm³/mol. The lowest BCUT2D eigenvalue weighted by atomic mass is 10.2. The van der Waals surface area contributed by atoms with Gasteiger partial charge in [0.15, 0.2) is 5.65 Å². The van der Waals surface area contributed by atoms with Crippen molar-refractivity contribution in [2.75, 3.05) is 17.7 Å². The lowest BCUT2D eigenvalue weighted by Gasteiger charge is -2.17. The molecule has 3 aromatic heterocycles. The molecule has 1 atom stereocenters. The molecule has 0 aliphatic carbocycles. The third-order valence-corrected chi connectivity index (χ3v) is 3.79. The summed E-state index contributed by atoms with van der Waals surface area (Å²) >= 11 is 0. The highest BCUT2D eigenvalue weighted by Gasteiger charge is 2.32. The van der Waals surface area contributed by atoms with Crippen LogP contribution >= 0.6 is 0 Å². The van der Waals surface area contributed by atoms with Crippen LogP contribution in [-0.4, -0.2) is 32.7 Å². The van der Waals surface area contributed by atoms with Gasteiger partial charge >= 0.3 is 12.2 Å². The molecule has 2 amide bonds. The molecule has 0 bridgehead atoms. The van der Waals surface area contributed by atoms with Gasteiger partial charge in [-0.1, -0.05) is 0 Å². The molecule has 0 radical (unpaired) electrons. The van der Waals surface area contributed by atoms with Crippen molar-refractivity contribution >= 4 is 23.1 Å². The van der Waals surface area contributed by atoms with E-state index in [0.717, 1.165) is 12.3 Å². The first kappa shape index (κ1) is 19.5. The Morgan fingerprint density at radius 2 is 2.00 bits per heavy atom. The number of pyridine rings is 1. The second-order valence-corrected chi connectivity index (χ2v) is 5.68. The van der Waals surface area contributed by atoms with Crippen LogP contribution in [0.3, 0.4) is 0 Å². The van der Waals surface area contributed by atoms with Crippen LogP contribution in [0, 0.1) is 5.95 Å². The molecule has 28 heavy (non-hydrogen) atoms. The summed E-state index contributed by atoms with van der Waals surface area (Å²) in [7, 11) is 1.41. The molecule has 3 rings (SSSR count). The van der Waals surface area contributed by atoms with E-state index in [-0.39, 0.29) is 17.0 Å². The minimum Gasteiger partial charge on any atom is -0.375 e. The van der Waals surface area contributed by atoms with Gasteiger partial charge in [-0.2, -0.15) is 17.6 Å². The van der Waals surface area contributed by atoms with Gasteiger partial charge in [0, 0.05) is 25.1 Å². The molecule has 3 heterocycles. The van der Waals surface area contributed by atoms with E-state index in [1.165, 1.54) is 23.9 Å². The number of fused-ring (bicyclic) bond motifs is 1. The highest BCUT2D eigenvalue weighted by molar-refractivity contribution is 6.00. The molecule has 0 aliphatic rings. The Hall–Kier alpha value is -3.28. The van der Waals surface area contributed by atoms with Gasteiger partial charge in [0.25, 0.3) is 0 Å². The van der Waals surface area contributed by atoms with Crippen LogP contribution in [0.1, 0.15) is 24.4 Å². The Balaban J connectivity index is 1.87. The van der Waals surface area contributed by atoms with Gasteiger partial charge in [-0.3, -0.25) is 4.98 Å². The number of rotatable bonds is 4. The molecular formula is C16H14F4N6O2. The number of amides is 2. The predicted octanol–water partition coefficient (Wildman–Crippen LogP) is 3.63. The van der Waals surface area contributed by atoms with E-state index in [9.17, 15) is 22.4 Å². The van der Waals surface area contributed by atoms with Crippen molar-refractivity contribution in [3.63, 3.8) is 0 Å². The third-order valence-electron chi connectivity index (χ3n) is 3.79. The second kappa shape index (κ2) is 7.38. The molecule has 0 spiro atoms. The van der Waals surface area contributed by atoms with E-state index in [1.54, 1.807) is 6.92 Å². The van der Waals surface area contributed by atoms with Crippen LogP contribution in [0.25, 0.3) is 5.65 Å². The zero-order valence-corrected chi connectivity index (χ0v) is 14.6. The molecule has 3 aromatic rings. The maximum absolute atomic E-state index is 13.5. The Bertz CT molecular complexity index is 1020. The van der Waals surface area contributed by atoms with Crippen molar-refractivity contribution in [2.24, 2.45) is 0 Å². The molecule has 0 aliphatic heterocycles. The van der Waals surface area contributed by atoms with Crippen LogP contribution in [0.2, 0.25) is 0 Å². The van der Waals surface area contributed by atoms with Crippen LogP contribution in [0.5, 0.6) is 0 Å². The fraction of sp³-hybridized carbons (Fsp3) is 0.250. The number of urea groups is 1. The lowest BCUT2D eigenvalue weighted by Crippen LogP contribution is -2.22. The molecular weight excluding hydrogens is 384 g/mol. The van der Waals surface area contributed by atoms with Gasteiger partial charge in [-0.15, -0.1) is 5.10 Å². The SMILES string of the molecule is CO[C@@H](C)c1c(NC(=O)Nc2ccnc(C(F)(F)F)c2)cnc2cc(F)nn12. The Labute approximate surface area is 155 Å². The third kappa shape index (κ3) is 4.01. The molecule has 0 fully saturated rings. The van der Waals surface area contributed by atoms with Crippen molar-refractivity contribution in [2.45, 2.75) is 19.2 Å². The Morgan fingerprint density at radius 1 is 1.25 bits per heavy atom. The zero-order valence-electron chi connectivity index (χ0n) is 14.6. The first-order valence-corrected chi connectivity index (χ1v) is 7.87. The molecule has 0 saturated heterocycles. The van der Waals surface area contributed by atoms with E-state index in [1.807, 2.05) is 0 Å². The standard InChI is InChI=1S/C16H14F4N6O2/c1-8(28-2)14-10(7-22-13-6-12(17)25-26(13)14)24-15(27)23-9-3-4-21-11(5-9)16(18,19)20/h3-8H,1-2H3,(H2,21,23,24,27)/t8-/m0/s1. The lowest BCUT2D eigenvalue weighted by molar-refractivity contribution is -0.141. The molecule has 0 unspecified atom stereocenters. The summed E-state index contributed by atoms with van der Waals surface area (Å²) in [6.45, 7) is 1.65. The number of nitrogens with zero attached hydrogens (tertiary/aromatic N) is 4. The van der Waals surface area contributed by atoms with Crippen molar-refractivity contribution in [3.05, 3.63) is 47.9 Å². The van der Waals surface area contributed by atoms with Gasteiger partial charge in [0.05, 0.1) is 23.7 Å².